The third-order valence-corrected chi connectivity index (χ3v) is 0.603. The van der Waals surface area contributed by atoms with Gasteiger partial charge in [0.1, 0.15) is 5.82 Å². The Hall–Kier alpha value is -1.52. The topological polar surface area (TPSA) is 84.6 Å². The van der Waals surface area contributed by atoms with Gasteiger partial charge in [-0.15, -0.1) is 0 Å². The predicted molar refractivity (Wildman–Crippen MR) is 36.8 cm³/mol. The molecule has 0 atom stereocenters. The van der Waals surface area contributed by atoms with Crippen LogP contribution in [0.1, 0.15) is 0 Å². The average Bonchev–Trinajstić information content (AvgIpc) is 1.82. The fourth-order valence-corrected chi connectivity index (χ4v) is 0.206. The second-order valence-electron chi connectivity index (χ2n) is 1.48. The lowest BCUT2D eigenvalue weighted by Crippen LogP contribution is -2.10. The van der Waals surface area contributed by atoms with E-state index >= 15 is 0 Å². The molecule has 56 valence electrons. The van der Waals surface area contributed by atoms with Crippen LogP contribution in [0.15, 0.2) is 29.1 Å². The Balaban J connectivity index is 4.16. The van der Waals surface area contributed by atoms with Gasteiger partial charge in [-0.2, -0.15) is 0 Å². The number of halogens is 1. The monoisotopic (exact) mass is 145 g/mol. The minimum Gasteiger partial charge on any atom is -0.494 e. The number of aliphatic imine (C=N–C) groups is 1. The molecule has 4 nitrogen and oxygen atoms in total. The van der Waals surface area contributed by atoms with Crippen molar-refractivity contribution in [2.75, 3.05) is 0 Å². The summed E-state index contributed by atoms with van der Waals surface area (Å²) in [5.41, 5.74) is 9.60. The van der Waals surface area contributed by atoms with Crippen LogP contribution in [0.25, 0.3) is 0 Å². The standard InChI is InChI=1S/C5H8FN3O/c1-3(10)9-2-4(6)5(7)8/h2,10H,1,7-8H2/b9-2-. The molecule has 0 spiro atoms. The Labute approximate surface area is 57.4 Å². The zero-order valence-electron chi connectivity index (χ0n) is 5.21. The third-order valence-electron chi connectivity index (χ3n) is 0.603. The van der Waals surface area contributed by atoms with Crippen LogP contribution >= 0.6 is 0 Å². The number of rotatable bonds is 2. The molecule has 0 aliphatic heterocycles. The van der Waals surface area contributed by atoms with Crippen molar-refractivity contribution in [1.29, 1.82) is 0 Å². The van der Waals surface area contributed by atoms with Crippen LogP contribution in [-0.4, -0.2) is 11.3 Å². The fourth-order valence-electron chi connectivity index (χ4n) is 0.206. The molecule has 0 radical (unpaired) electrons. The molecule has 0 rings (SSSR count). The van der Waals surface area contributed by atoms with E-state index in [0.29, 0.717) is 6.21 Å². The maximum absolute atomic E-state index is 12.2. The molecule has 0 amide bonds. The molecular formula is C5H8FN3O. The second-order valence-corrected chi connectivity index (χ2v) is 1.48. The molecular weight excluding hydrogens is 137 g/mol. The van der Waals surface area contributed by atoms with Crippen LogP contribution in [0.3, 0.4) is 0 Å². The molecule has 0 aliphatic rings. The van der Waals surface area contributed by atoms with E-state index in [2.05, 4.69) is 11.6 Å². The van der Waals surface area contributed by atoms with Crippen LogP contribution in [0.4, 0.5) is 4.39 Å². The smallest absolute Gasteiger partial charge is 0.203 e. The van der Waals surface area contributed by atoms with Gasteiger partial charge in [0, 0.05) is 0 Å². The zero-order chi connectivity index (χ0) is 8.15. The Morgan fingerprint density at radius 1 is 1.60 bits per heavy atom. The molecule has 0 saturated heterocycles. The van der Waals surface area contributed by atoms with Crippen molar-refractivity contribution in [2.24, 2.45) is 16.5 Å². The summed E-state index contributed by atoms with van der Waals surface area (Å²) in [6.45, 7) is 2.97. The Morgan fingerprint density at radius 3 is 2.40 bits per heavy atom. The van der Waals surface area contributed by atoms with Crippen LogP contribution in [0, 0.1) is 0 Å². The summed E-state index contributed by atoms with van der Waals surface area (Å²) >= 11 is 0. The highest BCUT2D eigenvalue weighted by atomic mass is 19.1. The number of nitrogens with two attached hydrogens (primary N) is 2. The molecule has 0 fully saturated rings. The van der Waals surface area contributed by atoms with Crippen LogP contribution in [0.5, 0.6) is 0 Å². The lowest BCUT2D eigenvalue weighted by molar-refractivity contribution is 0.410. The second kappa shape index (κ2) is 3.49. The summed E-state index contributed by atoms with van der Waals surface area (Å²) in [4.78, 5) is 3.09. The van der Waals surface area contributed by atoms with E-state index in [1.165, 1.54) is 0 Å². The molecule has 0 bridgehead atoms. The van der Waals surface area contributed by atoms with Gasteiger partial charge in [-0.05, 0) is 6.58 Å². The molecule has 5 N–H and O–H groups in total. The summed E-state index contributed by atoms with van der Waals surface area (Å²) in [6, 6.07) is 0. The lowest BCUT2D eigenvalue weighted by Gasteiger charge is -1.89. The van der Waals surface area contributed by atoms with Gasteiger partial charge < -0.3 is 16.6 Å². The average molecular weight is 145 g/mol. The highest BCUT2D eigenvalue weighted by molar-refractivity contribution is 5.76. The van der Waals surface area contributed by atoms with Crippen molar-refractivity contribution in [1.82, 2.24) is 0 Å². The Bertz CT molecular complexity index is 193. The maximum atomic E-state index is 12.2. The van der Waals surface area contributed by atoms with E-state index in [-0.39, 0.29) is 0 Å². The predicted octanol–water partition coefficient (Wildman–Crippen LogP) is 0.142. The van der Waals surface area contributed by atoms with Crippen molar-refractivity contribution < 1.29 is 9.50 Å². The molecule has 0 heterocycles. The van der Waals surface area contributed by atoms with Crippen LogP contribution < -0.4 is 11.5 Å². The van der Waals surface area contributed by atoms with E-state index in [1.54, 1.807) is 0 Å². The minimum atomic E-state index is -0.893. The number of hydrogen-bond donors (Lipinski definition) is 3. The van der Waals surface area contributed by atoms with Crippen LogP contribution in [0.2, 0.25) is 0 Å². The summed E-state index contributed by atoms with van der Waals surface area (Å²) in [5, 5.41) is 8.32. The third kappa shape index (κ3) is 3.48. The molecule has 0 aromatic rings. The minimum absolute atomic E-state index is 0.481. The van der Waals surface area contributed by atoms with Crippen molar-refractivity contribution in [3.63, 3.8) is 0 Å². The van der Waals surface area contributed by atoms with E-state index in [1.807, 2.05) is 0 Å². The van der Waals surface area contributed by atoms with Gasteiger partial charge in [-0.1, -0.05) is 0 Å². The van der Waals surface area contributed by atoms with Gasteiger partial charge in [0.05, 0.1) is 6.21 Å². The molecule has 5 heteroatoms. The highest BCUT2D eigenvalue weighted by Gasteiger charge is 1.92. The number of aliphatic hydroxyl groups excluding tert-OH is 1. The zero-order valence-corrected chi connectivity index (χ0v) is 5.21. The van der Waals surface area contributed by atoms with Gasteiger partial charge in [-0.25, -0.2) is 9.38 Å². The Kier molecular flexibility index (Phi) is 2.96. The van der Waals surface area contributed by atoms with Gasteiger partial charge in [0.15, 0.2) is 5.83 Å². The van der Waals surface area contributed by atoms with Gasteiger partial charge in [-0.3, -0.25) is 0 Å². The van der Waals surface area contributed by atoms with Crippen molar-refractivity contribution in [3.05, 3.63) is 24.1 Å². The van der Waals surface area contributed by atoms with Crippen molar-refractivity contribution in [2.45, 2.75) is 0 Å². The van der Waals surface area contributed by atoms with E-state index in [4.69, 9.17) is 16.6 Å². The van der Waals surface area contributed by atoms with E-state index in [0.717, 1.165) is 0 Å². The number of nitrogens with zero attached hydrogens (tertiary/aromatic N) is 1. The number of hydrogen-bond acceptors (Lipinski definition) is 4. The molecule has 0 aromatic heterocycles. The quantitative estimate of drug-likeness (QED) is 0.381. The maximum Gasteiger partial charge on any atom is 0.203 e. The SMILES string of the molecule is C=C(O)/N=C\C(F)=C(N)N. The molecule has 0 aromatic carbocycles. The molecule has 0 saturated carbocycles. The van der Waals surface area contributed by atoms with Gasteiger partial charge >= 0.3 is 0 Å². The van der Waals surface area contributed by atoms with E-state index < -0.39 is 17.5 Å². The van der Waals surface area contributed by atoms with Crippen LogP contribution in [-0.2, 0) is 0 Å². The van der Waals surface area contributed by atoms with Gasteiger partial charge in [0.2, 0.25) is 5.88 Å². The van der Waals surface area contributed by atoms with E-state index in [9.17, 15) is 4.39 Å². The first-order chi connectivity index (χ1) is 4.54. The first-order valence-corrected chi connectivity index (χ1v) is 2.36. The number of allylic oxidation sites excluding steroid dienone is 1. The normalized spacial score (nSPS) is 9.70. The summed E-state index contributed by atoms with van der Waals surface area (Å²) in [5.74, 6) is -1.88. The Morgan fingerprint density at radius 2 is 2.10 bits per heavy atom. The summed E-state index contributed by atoms with van der Waals surface area (Å²) in [7, 11) is 0. The van der Waals surface area contributed by atoms with Crippen molar-refractivity contribution >= 4 is 6.21 Å². The lowest BCUT2D eigenvalue weighted by atomic mass is 10.5. The molecule has 10 heavy (non-hydrogen) atoms. The summed E-state index contributed by atoms with van der Waals surface area (Å²) < 4.78 is 12.2. The molecule has 0 aliphatic carbocycles. The summed E-state index contributed by atoms with van der Waals surface area (Å²) in [6.07, 6.45) is 0.678. The highest BCUT2D eigenvalue weighted by Crippen LogP contribution is 1.93. The largest absolute Gasteiger partial charge is 0.494 e. The molecule has 0 unspecified atom stereocenters. The van der Waals surface area contributed by atoms with Crippen molar-refractivity contribution in [3.8, 4) is 0 Å². The first-order valence-electron chi connectivity index (χ1n) is 2.36. The fraction of sp³-hybridized carbons (Fsp3) is 0. The number of aliphatic hydroxyl groups is 1. The first kappa shape index (κ1) is 8.48. The van der Waals surface area contributed by atoms with Gasteiger partial charge in [0.25, 0.3) is 0 Å².